The fraction of sp³-hybridized carbons (Fsp3) is 0.111. The van der Waals surface area contributed by atoms with Crippen LogP contribution in [0.4, 0.5) is 0 Å². The van der Waals surface area contributed by atoms with E-state index in [0.29, 0.717) is 0 Å². The van der Waals surface area contributed by atoms with Crippen molar-refractivity contribution in [3.63, 3.8) is 0 Å². The summed E-state index contributed by atoms with van der Waals surface area (Å²) in [5.74, 6) is 0.143. The van der Waals surface area contributed by atoms with Gasteiger partial charge in [-0.2, -0.15) is 0 Å². The van der Waals surface area contributed by atoms with Crippen molar-refractivity contribution < 1.29 is 9.59 Å². The quantitative estimate of drug-likeness (QED) is 0.382. The first kappa shape index (κ1) is 12.5. The SMILES string of the molecule is CC(=O)c1ccc2sc3ccc(C(C)=O)c4ccc1c2c34. The van der Waals surface area contributed by atoms with Gasteiger partial charge in [0.1, 0.15) is 0 Å². The lowest BCUT2D eigenvalue weighted by Crippen LogP contribution is -1.95. The zero-order chi connectivity index (χ0) is 14.7. The van der Waals surface area contributed by atoms with Crippen LogP contribution in [0.25, 0.3) is 30.9 Å². The van der Waals surface area contributed by atoms with Crippen LogP contribution in [0.1, 0.15) is 34.6 Å². The van der Waals surface area contributed by atoms with Crippen molar-refractivity contribution in [1.29, 1.82) is 0 Å². The van der Waals surface area contributed by atoms with Crippen LogP contribution in [-0.2, 0) is 0 Å². The summed E-state index contributed by atoms with van der Waals surface area (Å²) in [6, 6.07) is 11.8. The topological polar surface area (TPSA) is 34.1 Å². The summed E-state index contributed by atoms with van der Waals surface area (Å²) in [6.07, 6.45) is 0. The first-order chi connectivity index (χ1) is 10.1. The lowest BCUT2D eigenvalue weighted by molar-refractivity contribution is 0.101. The lowest BCUT2D eigenvalue weighted by atomic mass is 9.94. The molecule has 3 aromatic carbocycles. The molecule has 0 fully saturated rings. The van der Waals surface area contributed by atoms with E-state index in [1.54, 1.807) is 25.2 Å². The normalized spacial score (nSPS) is 11.7. The zero-order valence-electron chi connectivity index (χ0n) is 11.7. The average Bonchev–Trinajstić information content (AvgIpc) is 2.83. The summed E-state index contributed by atoms with van der Waals surface area (Å²) in [7, 11) is 0. The highest BCUT2D eigenvalue weighted by molar-refractivity contribution is 7.26. The van der Waals surface area contributed by atoms with Crippen LogP contribution in [-0.4, -0.2) is 11.6 Å². The van der Waals surface area contributed by atoms with Gasteiger partial charge in [0.05, 0.1) is 0 Å². The average molecular weight is 292 g/mol. The maximum Gasteiger partial charge on any atom is 0.160 e. The van der Waals surface area contributed by atoms with Crippen molar-refractivity contribution >= 4 is 53.8 Å². The van der Waals surface area contributed by atoms with Gasteiger partial charge >= 0.3 is 0 Å². The van der Waals surface area contributed by atoms with Crippen LogP contribution < -0.4 is 0 Å². The van der Waals surface area contributed by atoms with Crippen molar-refractivity contribution in [1.82, 2.24) is 0 Å². The minimum Gasteiger partial charge on any atom is -0.294 e. The van der Waals surface area contributed by atoms with E-state index in [0.717, 1.165) is 42.1 Å². The standard InChI is InChI=1S/C18H12O2S/c1-9(19)11-5-7-15-17-13(11)3-4-14-12(10(2)20)6-8-16(21-15)18(14)17/h3-8H,1-2H3. The molecule has 1 heterocycles. The van der Waals surface area contributed by atoms with Crippen LogP contribution >= 0.6 is 11.3 Å². The van der Waals surface area contributed by atoms with Gasteiger partial charge in [0, 0.05) is 31.3 Å². The highest BCUT2D eigenvalue weighted by Gasteiger charge is 2.17. The molecule has 0 bridgehead atoms. The van der Waals surface area contributed by atoms with Crippen LogP contribution in [0, 0.1) is 0 Å². The molecule has 0 N–H and O–H groups in total. The van der Waals surface area contributed by atoms with Crippen LogP contribution in [0.2, 0.25) is 0 Å². The second-order valence-corrected chi connectivity index (χ2v) is 6.43. The second-order valence-electron chi connectivity index (χ2n) is 5.35. The van der Waals surface area contributed by atoms with E-state index in [9.17, 15) is 9.59 Å². The number of thiophene rings is 1. The van der Waals surface area contributed by atoms with Crippen molar-refractivity contribution in [2.75, 3.05) is 0 Å². The Hall–Kier alpha value is -2.26. The minimum atomic E-state index is 0.0714. The molecule has 0 radical (unpaired) electrons. The molecule has 21 heavy (non-hydrogen) atoms. The molecule has 0 aliphatic rings. The fourth-order valence-electron chi connectivity index (χ4n) is 3.13. The van der Waals surface area contributed by atoms with E-state index >= 15 is 0 Å². The van der Waals surface area contributed by atoms with Crippen LogP contribution in [0.5, 0.6) is 0 Å². The second kappa shape index (κ2) is 4.12. The number of rotatable bonds is 2. The molecule has 0 atom stereocenters. The summed E-state index contributed by atoms with van der Waals surface area (Å²) in [5, 5.41) is 4.20. The molecule has 0 amide bonds. The number of ketones is 2. The number of Topliss-reactive ketones (excluding diaryl/α,β-unsaturated/α-hetero) is 2. The van der Waals surface area contributed by atoms with Gasteiger partial charge in [-0.25, -0.2) is 0 Å². The van der Waals surface area contributed by atoms with Gasteiger partial charge in [0.25, 0.3) is 0 Å². The number of carbonyl (C=O) groups excluding carboxylic acids is 2. The molecule has 0 aliphatic heterocycles. The first-order valence-electron chi connectivity index (χ1n) is 6.80. The molecule has 4 rings (SSSR count). The van der Waals surface area contributed by atoms with Crippen LogP contribution in [0.3, 0.4) is 0 Å². The predicted octanol–water partition coefficient (Wildman–Crippen LogP) is 5.05. The summed E-state index contributed by atoms with van der Waals surface area (Å²) in [4.78, 5) is 23.7. The molecule has 102 valence electrons. The summed E-state index contributed by atoms with van der Waals surface area (Å²) >= 11 is 1.71. The minimum absolute atomic E-state index is 0.0714. The van der Waals surface area contributed by atoms with E-state index in [-0.39, 0.29) is 11.6 Å². The Kier molecular flexibility index (Phi) is 2.45. The molecule has 2 nitrogen and oxygen atoms in total. The van der Waals surface area contributed by atoms with Gasteiger partial charge in [-0.15, -0.1) is 11.3 Å². The van der Waals surface area contributed by atoms with Gasteiger partial charge in [-0.05, 0) is 48.9 Å². The molecule has 0 unspecified atom stereocenters. The van der Waals surface area contributed by atoms with Gasteiger partial charge in [-0.1, -0.05) is 12.1 Å². The van der Waals surface area contributed by atoms with Gasteiger partial charge in [0.2, 0.25) is 0 Å². The number of hydrogen-bond donors (Lipinski definition) is 0. The smallest absolute Gasteiger partial charge is 0.160 e. The largest absolute Gasteiger partial charge is 0.294 e. The van der Waals surface area contributed by atoms with E-state index in [4.69, 9.17) is 0 Å². The highest BCUT2D eigenvalue weighted by atomic mass is 32.1. The van der Waals surface area contributed by atoms with Crippen molar-refractivity contribution in [3.8, 4) is 0 Å². The van der Waals surface area contributed by atoms with Crippen molar-refractivity contribution in [2.45, 2.75) is 13.8 Å². The molecule has 0 saturated carbocycles. The Morgan fingerprint density at radius 3 is 1.52 bits per heavy atom. The molecule has 0 spiro atoms. The van der Waals surface area contributed by atoms with E-state index in [1.807, 2.05) is 36.4 Å². The maximum absolute atomic E-state index is 11.8. The van der Waals surface area contributed by atoms with Gasteiger partial charge in [0.15, 0.2) is 11.6 Å². The highest BCUT2D eigenvalue weighted by Crippen LogP contribution is 2.42. The zero-order valence-corrected chi connectivity index (χ0v) is 12.5. The molecule has 3 heteroatoms. The van der Waals surface area contributed by atoms with Crippen LogP contribution in [0.15, 0.2) is 36.4 Å². The first-order valence-corrected chi connectivity index (χ1v) is 7.62. The third-order valence-corrected chi connectivity index (χ3v) is 5.18. The summed E-state index contributed by atoms with van der Waals surface area (Å²) in [5.41, 5.74) is 1.50. The fourth-order valence-corrected chi connectivity index (χ4v) is 4.27. The number of benzene rings is 3. The lowest BCUT2D eigenvalue weighted by Gasteiger charge is -2.08. The Morgan fingerprint density at radius 1 is 0.714 bits per heavy atom. The van der Waals surface area contributed by atoms with Gasteiger partial charge in [-0.3, -0.25) is 9.59 Å². The van der Waals surface area contributed by atoms with E-state index in [1.165, 1.54) is 0 Å². The monoisotopic (exact) mass is 292 g/mol. The molecule has 0 saturated heterocycles. The Bertz CT molecular complexity index is 957. The Morgan fingerprint density at radius 2 is 1.14 bits per heavy atom. The van der Waals surface area contributed by atoms with Crippen molar-refractivity contribution in [2.24, 2.45) is 0 Å². The predicted molar refractivity (Wildman–Crippen MR) is 88.0 cm³/mol. The third kappa shape index (κ3) is 1.58. The van der Waals surface area contributed by atoms with Gasteiger partial charge < -0.3 is 0 Å². The van der Waals surface area contributed by atoms with E-state index < -0.39 is 0 Å². The maximum atomic E-state index is 11.8. The summed E-state index contributed by atoms with van der Waals surface area (Å²) < 4.78 is 2.33. The Balaban J connectivity index is 2.30. The number of carbonyl (C=O) groups is 2. The molecule has 0 aliphatic carbocycles. The molecular weight excluding hydrogens is 280 g/mol. The third-order valence-electron chi connectivity index (χ3n) is 4.06. The van der Waals surface area contributed by atoms with Crippen molar-refractivity contribution in [3.05, 3.63) is 47.5 Å². The molecule has 4 aromatic rings. The number of hydrogen-bond acceptors (Lipinski definition) is 3. The summed E-state index contributed by atoms with van der Waals surface area (Å²) in [6.45, 7) is 3.19. The molecule has 1 aromatic heterocycles. The molecular formula is C18H12O2S. The Labute approximate surface area is 125 Å². The van der Waals surface area contributed by atoms with E-state index in [2.05, 4.69) is 0 Å².